The highest BCUT2D eigenvalue weighted by molar-refractivity contribution is 5.82. The Morgan fingerprint density at radius 2 is 1.84 bits per heavy atom. The number of hydrogen-bond donors (Lipinski definition) is 1. The Morgan fingerprint density at radius 3 is 2.52 bits per heavy atom. The summed E-state index contributed by atoms with van der Waals surface area (Å²) in [6, 6.07) is 9.17. The number of hydrogen-bond acceptors (Lipinski definition) is 3. The molecule has 3 fully saturated rings. The Bertz CT molecular complexity index is 751. The van der Waals surface area contributed by atoms with Gasteiger partial charge in [0.2, 0.25) is 11.8 Å². The van der Waals surface area contributed by atoms with E-state index < -0.39 is 0 Å². The van der Waals surface area contributed by atoms with Gasteiger partial charge in [-0.3, -0.25) is 9.59 Å². The van der Waals surface area contributed by atoms with Crippen molar-refractivity contribution in [3.63, 3.8) is 0 Å². The Labute approximate surface area is 187 Å². The van der Waals surface area contributed by atoms with Crippen molar-refractivity contribution in [1.82, 2.24) is 15.1 Å². The van der Waals surface area contributed by atoms with E-state index in [2.05, 4.69) is 46.3 Å². The molecule has 0 radical (unpaired) electrons. The fourth-order valence-electron chi connectivity index (χ4n) is 5.67. The highest BCUT2D eigenvalue weighted by Crippen LogP contribution is 2.28. The molecule has 1 aliphatic carbocycles. The lowest BCUT2D eigenvalue weighted by molar-refractivity contribution is -0.135. The van der Waals surface area contributed by atoms with Crippen LogP contribution in [0.5, 0.6) is 0 Å². The number of nitrogens with zero attached hydrogens (tertiary/aromatic N) is 2. The third-order valence-corrected chi connectivity index (χ3v) is 7.71. The van der Waals surface area contributed by atoms with E-state index in [1.165, 1.54) is 36.8 Å². The molecule has 170 valence electrons. The van der Waals surface area contributed by atoms with Crippen LogP contribution < -0.4 is 5.32 Å². The first kappa shape index (κ1) is 22.3. The minimum atomic E-state index is 0.0483. The van der Waals surface area contributed by atoms with Gasteiger partial charge in [0.25, 0.3) is 0 Å². The molecule has 2 saturated heterocycles. The van der Waals surface area contributed by atoms with E-state index in [4.69, 9.17) is 0 Å². The second-order valence-electron chi connectivity index (χ2n) is 9.95. The van der Waals surface area contributed by atoms with Gasteiger partial charge in [0.05, 0.1) is 0 Å². The molecule has 0 unspecified atom stereocenters. The van der Waals surface area contributed by atoms with E-state index in [9.17, 15) is 9.59 Å². The second kappa shape index (κ2) is 10.6. The van der Waals surface area contributed by atoms with Crippen LogP contribution in [-0.2, 0) is 16.0 Å². The molecule has 2 aliphatic heterocycles. The van der Waals surface area contributed by atoms with Gasteiger partial charge in [-0.25, -0.2) is 0 Å². The lowest BCUT2D eigenvalue weighted by Crippen LogP contribution is -2.46. The molecule has 1 atom stereocenters. The predicted octanol–water partition coefficient (Wildman–Crippen LogP) is 3.69. The lowest BCUT2D eigenvalue weighted by atomic mass is 9.94. The van der Waals surface area contributed by atoms with Crippen molar-refractivity contribution in [2.75, 3.05) is 26.2 Å². The summed E-state index contributed by atoms with van der Waals surface area (Å²) >= 11 is 0. The average Bonchev–Trinajstić information content (AvgIpc) is 3.44. The maximum absolute atomic E-state index is 13.2. The third-order valence-electron chi connectivity index (χ3n) is 7.71. The highest BCUT2D eigenvalue weighted by atomic mass is 16.2. The Morgan fingerprint density at radius 1 is 1.10 bits per heavy atom. The topological polar surface area (TPSA) is 52.7 Å². The number of aryl methyl sites for hydroxylation is 1. The molecule has 1 aromatic carbocycles. The summed E-state index contributed by atoms with van der Waals surface area (Å²) in [5, 5.41) is 2.98. The van der Waals surface area contributed by atoms with Crippen LogP contribution in [0.15, 0.2) is 24.3 Å². The molecular weight excluding hydrogens is 386 g/mol. The van der Waals surface area contributed by atoms with Crippen LogP contribution in [0.25, 0.3) is 0 Å². The SMILES string of the molecule is Cc1ccccc1CCN1CCC(CN(C(=O)C[C@H]2CCC(=O)N2)C2CCCC2)CC1. The quantitative estimate of drug-likeness (QED) is 0.691. The van der Waals surface area contributed by atoms with Crippen LogP contribution in [0.4, 0.5) is 0 Å². The summed E-state index contributed by atoms with van der Waals surface area (Å²) in [6.07, 6.45) is 10.1. The van der Waals surface area contributed by atoms with Gasteiger partial charge in [0, 0.05) is 38.0 Å². The van der Waals surface area contributed by atoms with Crippen LogP contribution in [0.1, 0.15) is 68.9 Å². The van der Waals surface area contributed by atoms with E-state index in [1.54, 1.807) is 0 Å². The van der Waals surface area contributed by atoms with Crippen molar-refractivity contribution < 1.29 is 9.59 Å². The zero-order valence-electron chi connectivity index (χ0n) is 19.2. The molecule has 1 saturated carbocycles. The van der Waals surface area contributed by atoms with Gasteiger partial charge in [-0.1, -0.05) is 37.1 Å². The van der Waals surface area contributed by atoms with Gasteiger partial charge < -0.3 is 15.1 Å². The normalized spacial score (nSPS) is 23.3. The van der Waals surface area contributed by atoms with Gasteiger partial charge in [-0.15, -0.1) is 0 Å². The van der Waals surface area contributed by atoms with Crippen molar-refractivity contribution in [2.45, 2.75) is 83.2 Å². The zero-order valence-corrected chi connectivity index (χ0v) is 19.2. The molecule has 5 heteroatoms. The van der Waals surface area contributed by atoms with Crippen molar-refractivity contribution in [1.29, 1.82) is 0 Å². The summed E-state index contributed by atoms with van der Waals surface area (Å²) in [4.78, 5) is 29.5. The molecule has 0 spiro atoms. The molecular formula is C26H39N3O2. The number of piperidine rings is 1. The fraction of sp³-hybridized carbons (Fsp3) is 0.692. The predicted molar refractivity (Wildman–Crippen MR) is 124 cm³/mol. The van der Waals surface area contributed by atoms with Gasteiger partial charge >= 0.3 is 0 Å². The lowest BCUT2D eigenvalue weighted by Gasteiger charge is -2.37. The van der Waals surface area contributed by atoms with Crippen LogP contribution in [0.2, 0.25) is 0 Å². The molecule has 0 bridgehead atoms. The molecule has 2 amide bonds. The van der Waals surface area contributed by atoms with Gasteiger partial charge in [-0.2, -0.15) is 0 Å². The maximum Gasteiger partial charge on any atom is 0.224 e. The van der Waals surface area contributed by atoms with Crippen LogP contribution in [-0.4, -0.2) is 59.9 Å². The van der Waals surface area contributed by atoms with Crippen LogP contribution in [0, 0.1) is 12.8 Å². The number of nitrogens with one attached hydrogen (secondary N) is 1. The zero-order chi connectivity index (χ0) is 21.6. The molecule has 4 rings (SSSR count). The molecule has 1 aromatic rings. The molecule has 31 heavy (non-hydrogen) atoms. The van der Waals surface area contributed by atoms with Crippen molar-refractivity contribution in [2.24, 2.45) is 5.92 Å². The van der Waals surface area contributed by atoms with Crippen LogP contribution in [0.3, 0.4) is 0 Å². The minimum Gasteiger partial charge on any atom is -0.353 e. The molecule has 0 aromatic heterocycles. The van der Waals surface area contributed by atoms with E-state index in [0.717, 1.165) is 51.9 Å². The summed E-state index contributed by atoms with van der Waals surface area (Å²) in [5.41, 5.74) is 2.85. The number of rotatable bonds is 8. The van der Waals surface area contributed by atoms with E-state index in [0.29, 0.717) is 24.8 Å². The van der Waals surface area contributed by atoms with Gasteiger partial charge in [0.1, 0.15) is 0 Å². The average molecular weight is 426 g/mol. The van der Waals surface area contributed by atoms with Crippen molar-refractivity contribution >= 4 is 11.8 Å². The summed E-state index contributed by atoms with van der Waals surface area (Å²) in [5.74, 6) is 0.974. The van der Waals surface area contributed by atoms with Gasteiger partial charge in [-0.05, 0) is 75.6 Å². The first-order valence-corrected chi connectivity index (χ1v) is 12.4. The van der Waals surface area contributed by atoms with Crippen LogP contribution >= 0.6 is 0 Å². The van der Waals surface area contributed by atoms with Gasteiger partial charge in [0.15, 0.2) is 0 Å². The monoisotopic (exact) mass is 425 g/mol. The molecule has 1 N–H and O–H groups in total. The summed E-state index contributed by atoms with van der Waals surface area (Å²) in [6.45, 7) is 6.52. The number of carbonyl (C=O) groups excluding carboxylic acids is 2. The Balaban J connectivity index is 1.26. The largest absolute Gasteiger partial charge is 0.353 e. The number of likely N-dealkylation sites (tertiary alicyclic amines) is 1. The standard InChI is InChI=1S/C26H39N3O2/c1-20-6-2-3-7-22(20)14-17-28-15-12-21(13-16-28)19-29(24-8-4-5-9-24)26(31)18-23-10-11-25(30)27-23/h2-3,6-7,21,23-24H,4-5,8-19H2,1H3,(H,27,30)/t23-/m1/s1. The highest BCUT2D eigenvalue weighted by Gasteiger charge is 2.32. The van der Waals surface area contributed by atoms with E-state index in [1.807, 2.05) is 0 Å². The van der Waals surface area contributed by atoms with E-state index in [-0.39, 0.29) is 17.9 Å². The summed E-state index contributed by atoms with van der Waals surface area (Å²) < 4.78 is 0. The van der Waals surface area contributed by atoms with Crippen molar-refractivity contribution in [3.8, 4) is 0 Å². The summed E-state index contributed by atoms with van der Waals surface area (Å²) in [7, 11) is 0. The third kappa shape index (κ3) is 6.09. The number of benzene rings is 1. The second-order valence-corrected chi connectivity index (χ2v) is 9.95. The molecule has 2 heterocycles. The smallest absolute Gasteiger partial charge is 0.224 e. The number of carbonyl (C=O) groups is 2. The Kier molecular flexibility index (Phi) is 7.65. The first-order valence-electron chi connectivity index (χ1n) is 12.4. The molecule has 3 aliphatic rings. The number of amides is 2. The minimum absolute atomic E-state index is 0.0483. The Hall–Kier alpha value is -1.88. The fourth-order valence-corrected chi connectivity index (χ4v) is 5.67. The first-order chi connectivity index (χ1) is 15.1. The van der Waals surface area contributed by atoms with Crippen molar-refractivity contribution in [3.05, 3.63) is 35.4 Å². The maximum atomic E-state index is 13.2. The van der Waals surface area contributed by atoms with E-state index >= 15 is 0 Å². The molecule has 5 nitrogen and oxygen atoms in total.